The number of halogens is 1. The predicted molar refractivity (Wildman–Crippen MR) is 138 cm³/mol. The second-order valence-corrected chi connectivity index (χ2v) is 10.3. The molecule has 1 amide bonds. The molecule has 6 nitrogen and oxygen atoms in total. The fraction of sp³-hybridized carbons (Fsp3) is 0.0385. The van der Waals surface area contributed by atoms with Gasteiger partial charge in [-0.3, -0.25) is 9.52 Å². The molecule has 0 spiro atoms. The third-order valence-electron chi connectivity index (χ3n) is 5.46. The Morgan fingerprint density at radius 1 is 0.853 bits per heavy atom. The summed E-state index contributed by atoms with van der Waals surface area (Å²) in [5, 5.41) is 5.13. The Morgan fingerprint density at radius 3 is 2.32 bits per heavy atom. The van der Waals surface area contributed by atoms with Crippen LogP contribution in [0.4, 0.5) is 11.4 Å². The van der Waals surface area contributed by atoms with Gasteiger partial charge in [0.25, 0.3) is 15.9 Å². The minimum atomic E-state index is -3.87. The fourth-order valence-corrected chi connectivity index (χ4v) is 5.50. The Hall–Kier alpha value is -3.62. The van der Waals surface area contributed by atoms with Crippen LogP contribution in [0, 0.1) is 6.92 Å². The number of furan rings is 1. The second-order valence-electron chi connectivity index (χ2n) is 7.80. The lowest BCUT2D eigenvalue weighted by Gasteiger charge is -2.10. The van der Waals surface area contributed by atoms with E-state index < -0.39 is 10.0 Å². The standard InChI is InChI=1S/C26H19BrN2O4S/c1-16-24(26(30)28-19-9-3-2-4-10-19)22-14-20(15-23(27)25(22)33-16)29-34(31,32)21-12-11-17-7-5-6-8-18(17)13-21/h2-15,29H,1H3,(H,28,30). The van der Waals surface area contributed by atoms with Gasteiger partial charge in [0.05, 0.1) is 20.6 Å². The highest BCUT2D eigenvalue weighted by atomic mass is 79.9. The molecule has 0 unspecified atom stereocenters. The summed E-state index contributed by atoms with van der Waals surface area (Å²) in [7, 11) is -3.87. The summed E-state index contributed by atoms with van der Waals surface area (Å²) in [6.45, 7) is 1.70. The summed E-state index contributed by atoms with van der Waals surface area (Å²) in [4.78, 5) is 13.2. The molecule has 1 heterocycles. The van der Waals surface area contributed by atoms with E-state index in [1.807, 2.05) is 42.5 Å². The van der Waals surface area contributed by atoms with E-state index in [1.54, 1.807) is 49.4 Å². The number of carbonyl (C=O) groups excluding carboxylic acids is 1. The van der Waals surface area contributed by atoms with Crippen molar-refractivity contribution >= 4 is 65.0 Å². The van der Waals surface area contributed by atoms with Gasteiger partial charge in [0, 0.05) is 11.1 Å². The molecule has 1 aromatic heterocycles. The normalized spacial score (nSPS) is 11.6. The Kier molecular flexibility index (Phi) is 5.63. The van der Waals surface area contributed by atoms with Crippen molar-refractivity contribution in [2.24, 2.45) is 0 Å². The van der Waals surface area contributed by atoms with Crippen molar-refractivity contribution in [2.75, 3.05) is 10.0 Å². The lowest BCUT2D eigenvalue weighted by molar-refractivity contribution is 0.102. The zero-order valence-corrected chi connectivity index (χ0v) is 20.4. The number of amides is 1. The minimum Gasteiger partial charge on any atom is -0.459 e. The van der Waals surface area contributed by atoms with E-state index in [0.29, 0.717) is 38.1 Å². The van der Waals surface area contributed by atoms with Crippen molar-refractivity contribution in [3.05, 3.63) is 101 Å². The number of rotatable bonds is 5. The summed E-state index contributed by atoms with van der Waals surface area (Å²) in [5.41, 5.74) is 1.76. The Bertz CT molecular complexity index is 1660. The monoisotopic (exact) mass is 534 g/mol. The van der Waals surface area contributed by atoms with Crippen molar-refractivity contribution in [1.29, 1.82) is 0 Å². The van der Waals surface area contributed by atoms with Crippen molar-refractivity contribution in [1.82, 2.24) is 0 Å². The third kappa shape index (κ3) is 4.18. The number of benzene rings is 4. The molecule has 0 radical (unpaired) electrons. The average molecular weight is 535 g/mol. The SMILES string of the molecule is Cc1oc2c(Br)cc(NS(=O)(=O)c3ccc4ccccc4c3)cc2c1C(=O)Nc1ccccc1. The molecular formula is C26H19BrN2O4S. The molecule has 2 N–H and O–H groups in total. The van der Waals surface area contributed by atoms with Crippen LogP contribution in [-0.2, 0) is 10.0 Å². The molecule has 0 atom stereocenters. The largest absolute Gasteiger partial charge is 0.459 e. The van der Waals surface area contributed by atoms with E-state index in [-0.39, 0.29) is 10.8 Å². The molecule has 0 fully saturated rings. The quantitative estimate of drug-likeness (QED) is 0.262. The van der Waals surface area contributed by atoms with Crippen LogP contribution in [0.15, 0.2) is 98.7 Å². The minimum absolute atomic E-state index is 0.146. The first-order valence-electron chi connectivity index (χ1n) is 10.4. The van der Waals surface area contributed by atoms with Gasteiger partial charge in [0.2, 0.25) is 0 Å². The lowest BCUT2D eigenvalue weighted by atomic mass is 10.1. The first-order valence-corrected chi connectivity index (χ1v) is 12.7. The molecule has 4 aromatic carbocycles. The van der Waals surface area contributed by atoms with Crippen LogP contribution in [0.5, 0.6) is 0 Å². The predicted octanol–water partition coefficient (Wildman–Crippen LogP) is 6.71. The summed E-state index contributed by atoms with van der Waals surface area (Å²) in [5.74, 6) is 0.0857. The number of anilines is 2. The topological polar surface area (TPSA) is 88.4 Å². The molecule has 170 valence electrons. The van der Waals surface area contributed by atoms with Crippen molar-refractivity contribution in [2.45, 2.75) is 11.8 Å². The lowest BCUT2D eigenvalue weighted by Crippen LogP contribution is -2.14. The zero-order chi connectivity index (χ0) is 23.9. The highest BCUT2D eigenvalue weighted by molar-refractivity contribution is 9.10. The molecule has 5 aromatic rings. The van der Waals surface area contributed by atoms with Crippen LogP contribution in [0.2, 0.25) is 0 Å². The van der Waals surface area contributed by atoms with Crippen LogP contribution in [0.25, 0.3) is 21.7 Å². The average Bonchev–Trinajstić information content (AvgIpc) is 3.15. The van der Waals surface area contributed by atoms with Crippen molar-refractivity contribution in [3.63, 3.8) is 0 Å². The zero-order valence-electron chi connectivity index (χ0n) is 18.0. The van der Waals surface area contributed by atoms with Crippen LogP contribution >= 0.6 is 15.9 Å². The molecule has 0 saturated heterocycles. The molecule has 0 aliphatic rings. The van der Waals surface area contributed by atoms with Gasteiger partial charge in [-0.1, -0.05) is 48.5 Å². The fourth-order valence-electron chi connectivity index (χ4n) is 3.88. The molecule has 0 saturated carbocycles. The third-order valence-corrected chi connectivity index (χ3v) is 7.43. The molecular weight excluding hydrogens is 516 g/mol. The summed E-state index contributed by atoms with van der Waals surface area (Å²) in [6, 6.07) is 24.8. The van der Waals surface area contributed by atoms with Gasteiger partial charge in [-0.05, 0) is 70.0 Å². The van der Waals surface area contributed by atoms with Gasteiger partial charge in [-0.2, -0.15) is 0 Å². The van der Waals surface area contributed by atoms with E-state index in [4.69, 9.17) is 4.42 Å². The number of para-hydroxylation sites is 1. The highest BCUT2D eigenvalue weighted by Gasteiger charge is 2.22. The van der Waals surface area contributed by atoms with Gasteiger partial charge in [-0.15, -0.1) is 0 Å². The Balaban J connectivity index is 1.52. The number of sulfonamides is 1. The van der Waals surface area contributed by atoms with E-state index in [1.165, 1.54) is 0 Å². The first-order chi connectivity index (χ1) is 16.3. The number of hydrogen-bond donors (Lipinski definition) is 2. The highest BCUT2D eigenvalue weighted by Crippen LogP contribution is 2.35. The van der Waals surface area contributed by atoms with Crippen LogP contribution in [-0.4, -0.2) is 14.3 Å². The Morgan fingerprint density at radius 2 is 1.56 bits per heavy atom. The smallest absolute Gasteiger partial charge is 0.261 e. The van der Waals surface area contributed by atoms with Gasteiger partial charge in [0.15, 0.2) is 0 Å². The molecule has 0 aliphatic carbocycles. The summed E-state index contributed by atoms with van der Waals surface area (Å²) >= 11 is 3.45. The van der Waals surface area contributed by atoms with Gasteiger partial charge in [-0.25, -0.2) is 8.42 Å². The van der Waals surface area contributed by atoms with E-state index >= 15 is 0 Å². The molecule has 0 bridgehead atoms. The summed E-state index contributed by atoms with van der Waals surface area (Å²) < 4.78 is 35.2. The number of aryl methyl sites for hydroxylation is 1. The second kappa shape index (κ2) is 8.62. The van der Waals surface area contributed by atoms with Crippen molar-refractivity contribution in [3.8, 4) is 0 Å². The van der Waals surface area contributed by atoms with E-state index in [2.05, 4.69) is 26.0 Å². The number of carbonyl (C=O) groups is 1. The summed E-state index contributed by atoms with van der Waals surface area (Å²) in [6.07, 6.45) is 0. The van der Waals surface area contributed by atoms with Gasteiger partial charge >= 0.3 is 0 Å². The maximum Gasteiger partial charge on any atom is 0.261 e. The maximum absolute atomic E-state index is 13.1. The Labute approximate surface area is 204 Å². The number of hydrogen-bond acceptors (Lipinski definition) is 4. The number of fused-ring (bicyclic) bond motifs is 2. The van der Waals surface area contributed by atoms with E-state index in [9.17, 15) is 13.2 Å². The van der Waals surface area contributed by atoms with Gasteiger partial charge < -0.3 is 9.73 Å². The van der Waals surface area contributed by atoms with E-state index in [0.717, 1.165) is 10.8 Å². The first kappa shape index (κ1) is 22.2. The van der Waals surface area contributed by atoms with Gasteiger partial charge in [0.1, 0.15) is 11.3 Å². The van der Waals surface area contributed by atoms with Crippen molar-refractivity contribution < 1.29 is 17.6 Å². The van der Waals surface area contributed by atoms with Crippen LogP contribution in [0.3, 0.4) is 0 Å². The molecule has 8 heteroatoms. The molecule has 34 heavy (non-hydrogen) atoms. The molecule has 5 rings (SSSR count). The van der Waals surface area contributed by atoms with Crippen LogP contribution < -0.4 is 10.0 Å². The maximum atomic E-state index is 13.1. The van der Waals surface area contributed by atoms with Crippen LogP contribution in [0.1, 0.15) is 16.1 Å². The molecule has 0 aliphatic heterocycles. The number of nitrogens with one attached hydrogen (secondary N) is 2.